The molecule has 0 saturated carbocycles. The third kappa shape index (κ3) is 4.76. The summed E-state index contributed by atoms with van der Waals surface area (Å²) in [5, 5.41) is 11.9. The molecule has 1 unspecified atom stereocenters. The lowest BCUT2D eigenvalue weighted by atomic mass is 9.88. The van der Waals surface area contributed by atoms with Gasteiger partial charge >= 0.3 is 5.97 Å². The minimum atomic E-state index is -1.10. The number of nitrogens with one attached hydrogen (secondary N) is 1. The molecule has 1 aromatic rings. The minimum absolute atomic E-state index is 0.0258. The predicted octanol–water partition coefficient (Wildman–Crippen LogP) is 0.434. The first-order valence-corrected chi connectivity index (χ1v) is 7.87. The number of rotatable bonds is 7. The number of nitrogens with zero attached hydrogens (tertiary/aromatic N) is 1. The maximum atomic E-state index is 13.1. The summed E-state index contributed by atoms with van der Waals surface area (Å²) in [4.78, 5) is 36.9. The van der Waals surface area contributed by atoms with Crippen molar-refractivity contribution >= 4 is 17.8 Å². The molecule has 0 bridgehead atoms. The van der Waals surface area contributed by atoms with Crippen molar-refractivity contribution in [1.29, 1.82) is 0 Å². The normalized spacial score (nSPS) is 19.7. The fourth-order valence-electron chi connectivity index (χ4n) is 2.90. The van der Waals surface area contributed by atoms with Crippen LogP contribution in [0.5, 0.6) is 0 Å². The second-order valence-corrected chi connectivity index (χ2v) is 6.17. The van der Waals surface area contributed by atoms with Crippen LogP contribution in [0, 0.1) is 11.2 Å². The number of amides is 2. The fourth-order valence-corrected chi connectivity index (χ4v) is 2.90. The van der Waals surface area contributed by atoms with E-state index >= 15 is 0 Å². The van der Waals surface area contributed by atoms with E-state index in [2.05, 4.69) is 5.32 Å². The van der Waals surface area contributed by atoms with Gasteiger partial charge in [0.25, 0.3) is 0 Å². The Morgan fingerprint density at radius 2 is 2.16 bits per heavy atom. The van der Waals surface area contributed by atoms with Gasteiger partial charge in [0.05, 0.1) is 19.6 Å². The molecule has 2 N–H and O–H groups in total. The molecule has 0 spiro atoms. The van der Waals surface area contributed by atoms with E-state index in [1.54, 1.807) is 6.07 Å². The number of hydrogen-bond donors (Lipinski definition) is 2. The van der Waals surface area contributed by atoms with E-state index in [1.807, 2.05) is 0 Å². The van der Waals surface area contributed by atoms with Crippen LogP contribution < -0.4 is 5.32 Å². The van der Waals surface area contributed by atoms with E-state index < -0.39 is 23.1 Å². The molecule has 1 saturated heterocycles. The molecule has 0 radical (unpaired) electrons. The first-order valence-electron chi connectivity index (χ1n) is 7.87. The van der Waals surface area contributed by atoms with Crippen molar-refractivity contribution in [2.45, 2.75) is 12.8 Å². The van der Waals surface area contributed by atoms with Gasteiger partial charge in [0.1, 0.15) is 11.2 Å². The highest BCUT2D eigenvalue weighted by molar-refractivity contribution is 5.86. The molecule has 2 amide bonds. The molecular weight excluding hydrogens is 331 g/mol. The van der Waals surface area contributed by atoms with Crippen LogP contribution in [-0.4, -0.2) is 61.1 Å². The van der Waals surface area contributed by atoms with Crippen molar-refractivity contribution in [1.82, 2.24) is 10.2 Å². The van der Waals surface area contributed by atoms with Crippen LogP contribution in [-0.2, 0) is 25.5 Å². The van der Waals surface area contributed by atoms with Crippen LogP contribution in [0.15, 0.2) is 24.3 Å². The van der Waals surface area contributed by atoms with Crippen molar-refractivity contribution < 1.29 is 28.6 Å². The van der Waals surface area contributed by atoms with Gasteiger partial charge < -0.3 is 20.1 Å². The van der Waals surface area contributed by atoms with Gasteiger partial charge in [-0.15, -0.1) is 0 Å². The van der Waals surface area contributed by atoms with Crippen LogP contribution in [0.25, 0.3) is 0 Å². The molecule has 8 heteroatoms. The first kappa shape index (κ1) is 18.9. The molecule has 2 rings (SSSR count). The van der Waals surface area contributed by atoms with E-state index in [-0.39, 0.29) is 32.0 Å². The third-order valence-electron chi connectivity index (χ3n) is 4.27. The van der Waals surface area contributed by atoms with Gasteiger partial charge in [-0.2, -0.15) is 0 Å². The summed E-state index contributed by atoms with van der Waals surface area (Å²) in [5.74, 6) is -2.19. The largest absolute Gasteiger partial charge is 0.481 e. The summed E-state index contributed by atoms with van der Waals surface area (Å²) in [5.41, 5.74) is -0.591. The Kier molecular flexibility index (Phi) is 6.08. The zero-order valence-corrected chi connectivity index (χ0v) is 14.0. The lowest BCUT2D eigenvalue weighted by Crippen LogP contribution is -2.43. The van der Waals surface area contributed by atoms with Crippen LogP contribution in [0.4, 0.5) is 4.39 Å². The number of carboxylic acids is 1. The van der Waals surface area contributed by atoms with Gasteiger partial charge in [-0.3, -0.25) is 14.4 Å². The molecule has 25 heavy (non-hydrogen) atoms. The molecule has 1 atom stereocenters. The average Bonchev–Trinajstić information content (AvgIpc) is 2.99. The average molecular weight is 352 g/mol. The summed E-state index contributed by atoms with van der Waals surface area (Å²) in [6, 6.07) is 5.67. The lowest BCUT2D eigenvalue weighted by Gasteiger charge is -2.23. The number of benzene rings is 1. The van der Waals surface area contributed by atoms with Crippen molar-refractivity contribution in [3.05, 3.63) is 35.6 Å². The van der Waals surface area contributed by atoms with E-state index in [1.165, 1.54) is 30.2 Å². The Morgan fingerprint density at radius 1 is 1.40 bits per heavy atom. The molecule has 136 valence electrons. The summed E-state index contributed by atoms with van der Waals surface area (Å²) in [6.07, 6.45) is 0.271. The summed E-state index contributed by atoms with van der Waals surface area (Å²) >= 11 is 0. The highest BCUT2D eigenvalue weighted by Crippen LogP contribution is 2.31. The number of hydrogen-bond acceptors (Lipinski definition) is 4. The van der Waals surface area contributed by atoms with E-state index in [9.17, 15) is 23.9 Å². The topological polar surface area (TPSA) is 95.9 Å². The van der Waals surface area contributed by atoms with E-state index in [0.717, 1.165) is 0 Å². The zero-order valence-electron chi connectivity index (χ0n) is 14.0. The molecule has 1 aromatic carbocycles. The molecule has 7 nitrogen and oxygen atoms in total. The summed E-state index contributed by atoms with van der Waals surface area (Å²) in [7, 11) is 1.42. The molecular formula is C17H21FN2O5. The van der Waals surface area contributed by atoms with Crippen molar-refractivity contribution in [3.8, 4) is 0 Å². The number of likely N-dealkylation sites (tertiary alicyclic amines) is 1. The number of carbonyl (C=O) groups excluding carboxylic acids is 2. The van der Waals surface area contributed by atoms with Gasteiger partial charge in [-0.25, -0.2) is 4.39 Å². The maximum absolute atomic E-state index is 13.1. The Bertz CT molecular complexity index is 666. The Labute approximate surface area is 144 Å². The molecule has 1 aliphatic heterocycles. The minimum Gasteiger partial charge on any atom is -0.481 e. The number of carbonyl (C=O) groups is 3. The zero-order chi connectivity index (χ0) is 18.4. The number of ether oxygens (including phenoxy) is 1. The van der Waals surface area contributed by atoms with E-state index in [0.29, 0.717) is 18.5 Å². The van der Waals surface area contributed by atoms with Crippen LogP contribution >= 0.6 is 0 Å². The molecule has 0 aliphatic carbocycles. The van der Waals surface area contributed by atoms with Gasteiger partial charge in [0, 0.05) is 20.2 Å². The van der Waals surface area contributed by atoms with Crippen LogP contribution in [0.3, 0.4) is 0 Å². The fraction of sp³-hybridized carbons (Fsp3) is 0.471. The Morgan fingerprint density at radius 3 is 2.80 bits per heavy atom. The highest BCUT2D eigenvalue weighted by Gasteiger charge is 2.46. The lowest BCUT2D eigenvalue weighted by molar-refractivity contribution is -0.151. The molecule has 0 aromatic heterocycles. The Hall–Kier alpha value is -2.48. The second kappa shape index (κ2) is 8.06. The SMILES string of the molecule is COCC1(C(=O)O)CCN(C(=O)CNC(=O)Cc2cccc(F)c2)C1. The van der Waals surface area contributed by atoms with Gasteiger partial charge in [-0.05, 0) is 24.1 Å². The van der Waals surface area contributed by atoms with Crippen molar-refractivity contribution in [2.75, 3.05) is 33.4 Å². The van der Waals surface area contributed by atoms with Gasteiger partial charge in [-0.1, -0.05) is 12.1 Å². The number of methoxy groups -OCH3 is 1. The predicted molar refractivity (Wildman–Crippen MR) is 86.3 cm³/mol. The number of halogens is 1. The monoisotopic (exact) mass is 352 g/mol. The summed E-state index contributed by atoms with van der Waals surface area (Å²) < 4.78 is 18.1. The second-order valence-electron chi connectivity index (χ2n) is 6.17. The van der Waals surface area contributed by atoms with Crippen LogP contribution in [0.2, 0.25) is 0 Å². The standard InChI is InChI=1S/C17H21FN2O5/c1-25-11-17(16(23)24)5-6-20(10-17)15(22)9-19-14(21)8-12-3-2-4-13(18)7-12/h2-4,7H,5-6,8-11H2,1H3,(H,19,21)(H,23,24). The summed E-state index contributed by atoms with van der Waals surface area (Å²) in [6.45, 7) is 0.151. The third-order valence-corrected chi connectivity index (χ3v) is 4.27. The van der Waals surface area contributed by atoms with Crippen LogP contribution in [0.1, 0.15) is 12.0 Å². The number of aliphatic carboxylic acids is 1. The van der Waals surface area contributed by atoms with Crippen molar-refractivity contribution in [2.24, 2.45) is 5.41 Å². The first-order chi connectivity index (χ1) is 11.9. The maximum Gasteiger partial charge on any atom is 0.313 e. The molecule has 1 heterocycles. The van der Waals surface area contributed by atoms with Crippen molar-refractivity contribution in [3.63, 3.8) is 0 Å². The quantitative estimate of drug-likeness (QED) is 0.742. The molecule has 1 fully saturated rings. The molecule has 1 aliphatic rings. The van der Waals surface area contributed by atoms with E-state index in [4.69, 9.17) is 4.74 Å². The van der Waals surface area contributed by atoms with Gasteiger partial charge in [0.15, 0.2) is 0 Å². The number of carboxylic acid groups (broad SMARTS) is 1. The van der Waals surface area contributed by atoms with Gasteiger partial charge in [0.2, 0.25) is 11.8 Å². The highest BCUT2D eigenvalue weighted by atomic mass is 19.1. The Balaban J connectivity index is 1.84. The smallest absolute Gasteiger partial charge is 0.313 e.